The van der Waals surface area contributed by atoms with Crippen molar-refractivity contribution in [3.8, 4) is 6.07 Å². The highest BCUT2D eigenvalue weighted by atomic mass is 16.5. The molecular weight excluding hydrogens is 192 g/mol. The van der Waals surface area contributed by atoms with Gasteiger partial charge in [0.1, 0.15) is 6.54 Å². The van der Waals surface area contributed by atoms with Crippen molar-refractivity contribution in [1.82, 2.24) is 0 Å². The van der Waals surface area contributed by atoms with Gasteiger partial charge in [0.2, 0.25) is 0 Å². The van der Waals surface area contributed by atoms with E-state index in [2.05, 4.69) is 4.74 Å². The molecule has 1 aromatic rings. The summed E-state index contributed by atoms with van der Waals surface area (Å²) in [5.41, 5.74) is 1.48. The Morgan fingerprint density at radius 2 is 2.07 bits per heavy atom. The fourth-order valence-electron chi connectivity index (χ4n) is 1.14. The second-order valence-corrected chi connectivity index (χ2v) is 3.09. The van der Waals surface area contributed by atoms with E-state index in [0.29, 0.717) is 5.56 Å². The van der Waals surface area contributed by atoms with Crippen LogP contribution in [0, 0.1) is 11.3 Å². The molecule has 0 amide bonds. The third-order valence-electron chi connectivity index (χ3n) is 2.03. The molecule has 0 fully saturated rings. The van der Waals surface area contributed by atoms with Crippen LogP contribution in [0.5, 0.6) is 0 Å². The molecule has 0 saturated heterocycles. The van der Waals surface area contributed by atoms with Crippen LogP contribution in [-0.4, -0.2) is 26.7 Å². The number of carbonyl (C=O) groups is 1. The summed E-state index contributed by atoms with van der Waals surface area (Å²) in [6.45, 7) is 0.197. The first-order valence-corrected chi connectivity index (χ1v) is 4.45. The molecule has 0 aliphatic carbocycles. The molecule has 0 bridgehead atoms. The summed E-state index contributed by atoms with van der Waals surface area (Å²) in [5.74, 6) is -0.290. The Morgan fingerprint density at radius 3 is 2.53 bits per heavy atom. The van der Waals surface area contributed by atoms with Gasteiger partial charge in [-0.05, 0) is 24.3 Å². The Morgan fingerprint density at radius 1 is 1.47 bits per heavy atom. The molecule has 0 heterocycles. The molecule has 0 spiro atoms. The van der Waals surface area contributed by atoms with Crippen molar-refractivity contribution in [1.29, 1.82) is 5.26 Å². The predicted octanol–water partition coefficient (Wildman–Crippen LogP) is 1.17. The number of rotatable bonds is 3. The molecule has 0 unspecified atom stereocenters. The largest absolute Gasteiger partial charge is 0.468 e. The Labute approximate surface area is 88.7 Å². The van der Waals surface area contributed by atoms with Crippen LogP contribution in [0.2, 0.25) is 0 Å². The van der Waals surface area contributed by atoms with Crippen LogP contribution in [0.1, 0.15) is 5.56 Å². The highest BCUT2D eigenvalue weighted by Gasteiger charge is 2.06. The van der Waals surface area contributed by atoms with Gasteiger partial charge in [-0.2, -0.15) is 5.26 Å². The lowest BCUT2D eigenvalue weighted by atomic mass is 10.2. The quantitative estimate of drug-likeness (QED) is 0.693. The number of nitriles is 1. The third kappa shape index (κ3) is 2.99. The third-order valence-corrected chi connectivity index (χ3v) is 2.03. The van der Waals surface area contributed by atoms with Crippen molar-refractivity contribution in [3.63, 3.8) is 0 Å². The monoisotopic (exact) mass is 204 g/mol. The van der Waals surface area contributed by atoms with E-state index >= 15 is 0 Å². The van der Waals surface area contributed by atoms with Gasteiger partial charge in [-0.3, -0.25) is 4.79 Å². The van der Waals surface area contributed by atoms with E-state index in [4.69, 9.17) is 5.26 Å². The van der Waals surface area contributed by atoms with Crippen molar-refractivity contribution in [2.24, 2.45) is 0 Å². The first-order chi connectivity index (χ1) is 7.17. The number of carbonyl (C=O) groups excluding carboxylic acids is 1. The summed E-state index contributed by atoms with van der Waals surface area (Å²) in [6, 6.07) is 9.04. The number of anilines is 1. The molecule has 0 aliphatic heterocycles. The molecular formula is C11H12N2O2. The fourth-order valence-corrected chi connectivity index (χ4v) is 1.14. The molecule has 0 aliphatic rings. The standard InChI is InChI=1S/C11H12N2O2/c1-13(8-11(14)15-2)10-5-3-9(7-12)4-6-10/h3-6H,8H2,1-2H3. The van der Waals surface area contributed by atoms with E-state index < -0.39 is 0 Å². The lowest BCUT2D eigenvalue weighted by Gasteiger charge is -2.17. The zero-order valence-corrected chi connectivity index (χ0v) is 8.73. The van der Waals surface area contributed by atoms with Gasteiger partial charge in [-0.25, -0.2) is 0 Å². The molecule has 0 atom stereocenters. The van der Waals surface area contributed by atoms with Crippen LogP contribution >= 0.6 is 0 Å². The van der Waals surface area contributed by atoms with Gasteiger partial charge >= 0.3 is 5.97 Å². The van der Waals surface area contributed by atoms with Crippen molar-refractivity contribution < 1.29 is 9.53 Å². The van der Waals surface area contributed by atoms with Crippen LogP contribution in [0.4, 0.5) is 5.69 Å². The molecule has 4 heteroatoms. The molecule has 0 saturated carbocycles. The predicted molar refractivity (Wildman–Crippen MR) is 56.4 cm³/mol. The number of nitrogens with zero attached hydrogens (tertiary/aromatic N) is 2. The number of ether oxygens (including phenoxy) is 1. The summed E-state index contributed by atoms with van der Waals surface area (Å²) in [7, 11) is 3.15. The maximum absolute atomic E-state index is 11.0. The Hall–Kier alpha value is -2.02. The summed E-state index contributed by atoms with van der Waals surface area (Å²) in [4.78, 5) is 12.8. The minimum absolute atomic E-state index is 0.197. The maximum Gasteiger partial charge on any atom is 0.325 e. The molecule has 15 heavy (non-hydrogen) atoms. The summed E-state index contributed by atoms with van der Waals surface area (Å²) in [5, 5.41) is 8.61. The van der Waals surface area contributed by atoms with Crippen LogP contribution < -0.4 is 4.90 Å². The van der Waals surface area contributed by atoms with Crippen molar-refractivity contribution in [2.75, 3.05) is 25.6 Å². The van der Waals surface area contributed by atoms with Crippen LogP contribution in [0.25, 0.3) is 0 Å². The maximum atomic E-state index is 11.0. The molecule has 0 radical (unpaired) electrons. The minimum Gasteiger partial charge on any atom is -0.468 e. The smallest absolute Gasteiger partial charge is 0.325 e. The highest BCUT2D eigenvalue weighted by molar-refractivity contribution is 5.75. The number of likely N-dealkylation sites (N-methyl/N-ethyl adjacent to an activating group) is 1. The number of esters is 1. The molecule has 1 rings (SSSR count). The molecule has 0 aromatic heterocycles. The van der Waals surface area contributed by atoms with Crippen molar-refractivity contribution in [3.05, 3.63) is 29.8 Å². The average molecular weight is 204 g/mol. The van der Waals surface area contributed by atoms with E-state index in [-0.39, 0.29) is 12.5 Å². The van der Waals surface area contributed by atoms with Gasteiger partial charge in [0, 0.05) is 12.7 Å². The Bertz CT molecular complexity index is 379. The molecule has 4 nitrogen and oxygen atoms in total. The van der Waals surface area contributed by atoms with Gasteiger partial charge in [-0.1, -0.05) is 0 Å². The van der Waals surface area contributed by atoms with Gasteiger partial charge in [0.15, 0.2) is 0 Å². The van der Waals surface area contributed by atoms with Crippen LogP contribution in [0.15, 0.2) is 24.3 Å². The van der Waals surface area contributed by atoms with E-state index in [1.165, 1.54) is 7.11 Å². The first kappa shape index (κ1) is 11.1. The highest BCUT2D eigenvalue weighted by Crippen LogP contribution is 2.12. The zero-order chi connectivity index (χ0) is 11.3. The van der Waals surface area contributed by atoms with Crippen LogP contribution in [-0.2, 0) is 9.53 Å². The SMILES string of the molecule is COC(=O)CN(C)c1ccc(C#N)cc1. The molecule has 0 N–H and O–H groups in total. The van der Waals surface area contributed by atoms with Crippen molar-refractivity contribution >= 4 is 11.7 Å². The van der Waals surface area contributed by atoms with E-state index in [1.54, 1.807) is 36.2 Å². The van der Waals surface area contributed by atoms with Crippen molar-refractivity contribution in [2.45, 2.75) is 0 Å². The Kier molecular flexibility index (Phi) is 3.69. The number of benzene rings is 1. The summed E-state index contributed by atoms with van der Waals surface area (Å²) >= 11 is 0. The molecule has 78 valence electrons. The lowest BCUT2D eigenvalue weighted by molar-refractivity contribution is -0.138. The Balaban J connectivity index is 2.70. The van der Waals surface area contributed by atoms with E-state index in [9.17, 15) is 4.79 Å². The van der Waals surface area contributed by atoms with Gasteiger partial charge in [0.25, 0.3) is 0 Å². The van der Waals surface area contributed by atoms with Gasteiger partial charge < -0.3 is 9.64 Å². The van der Waals surface area contributed by atoms with Crippen LogP contribution in [0.3, 0.4) is 0 Å². The van der Waals surface area contributed by atoms with E-state index in [0.717, 1.165) is 5.69 Å². The number of hydrogen-bond donors (Lipinski definition) is 0. The molecule has 1 aromatic carbocycles. The fraction of sp³-hybridized carbons (Fsp3) is 0.273. The lowest BCUT2D eigenvalue weighted by Crippen LogP contribution is -2.26. The average Bonchev–Trinajstić information content (AvgIpc) is 2.29. The summed E-state index contributed by atoms with van der Waals surface area (Å²) in [6.07, 6.45) is 0. The number of hydrogen-bond acceptors (Lipinski definition) is 4. The minimum atomic E-state index is -0.290. The van der Waals surface area contributed by atoms with E-state index in [1.807, 2.05) is 6.07 Å². The second kappa shape index (κ2) is 5.01. The first-order valence-electron chi connectivity index (χ1n) is 4.45. The normalized spacial score (nSPS) is 9.13. The van der Waals surface area contributed by atoms with Gasteiger partial charge in [-0.15, -0.1) is 0 Å². The summed E-state index contributed by atoms with van der Waals surface area (Å²) < 4.78 is 4.55. The van der Waals surface area contributed by atoms with Gasteiger partial charge in [0.05, 0.1) is 18.7 Å². The topological polar surface area (TPSA) is 53.3 Å². The second-order valence-electron chi connectivity index (χ2n) is 3.09. The number of methoxy groups -OCH3 is 1. The zero-order valence-electron chi connectivity index (χ0n) is 8.73.